The highest BCUT2D eigenvalue weighted by atomic mass is 16.5. The molecular formula is C29H48O8. The number of carboxylic acids is 1. The summed E-state index contributed by atoms with van der Waals surface area (Å²) in [4.78, 5) is 37.8. The topological polar surface area (TPSA) is 119 Å². The van der Waals surface area contributed by atoms with Crippen LogP contribution in [-0.4, -0.2) is 60.7 Å². The molecule has 8 nitrogen and oxygen atoms in total. The Kier molecular flexibility index (Phi) is 12.1. The van der Waals surface area contributed by atoms with Crippen LogP contribution in [0.5, 0.6) is 0 Å². The average molecular weight is 525 g/mol. The van der Waals surface area contributed by atoms with Crippen LogP contribution in [0.15, 0.2) is 12.2 Å². The summed E-state index contributed by atoms with van der Waals surface area (Å²) in [6.07, 6.45) is 5.59. The lowest BCUT2D eigenvalue weighted by molar-refractivity contribution is -0.174. The number of ether oxygens (including phenoxy) is 3. The number of esters is 2. The highest BCUT2D eigenvalue weighted by Gasteiger charge is 2.54. The highest BCUT2D eigenvalue weighted by molar-refractivity contribution is 5.86. The predicted molar refractivity (Wildman–Crippen MR) is 140 cm³/mol. The Bertz CT molecular complexity index is 795. The van der Waals surface area contributed by atoms with Crippen LogP contribution in [0.2, 0.25) is 0 Å². The third-order valence-electron chi connectivity index (χ3n) is 8.75. The molecule has 0 heterocycles. The second kappa shape index (κ2) is 14.3. The molecule has 2 N–H and O–H groups in total. The van der Waals surface area contributed by atoms with Gasteiger partial charge in [-0.1, -0.05) is 59.1 Å². The van der Waals surface area contributed by atoms with Crippen molar-refractivity contribution in [1.29, 1.82) is 0 Å². The molecule has 8 heteroatoms. The second-order valence-corrected chi connectivity index (χ2v) is 11.5. The Morgan fingerprint density at radius 1 is 1.08 bits per heavy atom. The van der Waals surface area contributed by atoms with E-state index in [1.54, 1.807) is 0 Å². The second-order valence-electron chi connectivity index (χ2n) is 11.5. The van der Waals surface area contributed by atoms with E-state index in [1.807, 2.05) is 13.8 Å². The van der Waals surface area contributed by atoms with E-state index in [9.17, 15) is 24.6 Å². The van der Waals surface area contributed by atoms with E-state index in [2.05, 4.69) is 20.4 Å². The fourth-order valence-corrected chi connectivity index (χ4v) is 6.45. The Balaban J connectivity index is 2.23. The lowest BCUT2D eigenvalue weighted by Gasteiger charge is -2.58. The molecule has 0 spiro atoms. The van der Waals surface area contributed by atoms with E-state index in [4.69, 9.17) is 14.2 Å². The van der Waals surface area contributed by atoms with Crippen LogP contribution < -0.4 is 0 Å². The molecule has 0 aliphatic heterocycles. The number of fused-ring (bicyclic) bond motifs is 1. The van der Waals surface area contributed by atoms with Crippen LogP contribution in [0.3, 0.4) is 0 Å². The molecule has 0 aromatic carbocycles. The smallest absolute Gasteiger partial charge is 0.333 e. The minimum Gasteiger partial charge on any atom is -0.479 e. The van der Waals surface area contributed by atoms with Gasteiger partial charge < -0.3 is 24.4 Å². The van der Waals surface area contributed by atoms with Crippen LogP contribution in [0.4, 0.5) is 0 Å². The zero-order chi connectivity index (χ0) is 27.6. The molecular weight excluding hydrogens is 476 g/mol. The molecule has 0 saturated heterocycles. The third kappa shape index (κ3) is 7.79. The molecule has 0 radical (unpaired) electrons. The van der Waals surface area contributed by atoms with Gasteiger partial charge in [-0.3, -0.25) is 9.59 Å². The Morgan fingerprint density at radius 2 is 1.73 bits per heavy atom. The number of unbranched alkanes of at least 4 members (excludes halogenated alkanes) is 2. The number of carboxylic acid groups (broad SMARTS) is 1. The lowest BCUT2D eigenvalue weighted by Crippen LogP contribution is -2.53. The van der Waals surface area contributed by atoms with Gasteiger partial charge in [0.2, 0.25) is 0 Å². The number of rotatable bonds is 15. The van der Waals surface area contributed by atoms with Gasteiger partial charge in [-0.25, -0.2) is 4.79 Å². The molecule has 6 atom stereocenters. The van der Waals surface area contributed by atoms with Crippen molar-refractivity contribution in [2.24, 2.45) is 28.6 Å². The molecule has 37 heavy (non-hydrogen) atoms. The quantitative estimate of drug-likeness (QED) is 0.176. The molecule has 2 saturated carbocycles. The molecule has 0 bridgehead atoms. The molecule has 6 unspecified atom stereocenters. The first-order valence-corrected chi connectivity index (χ1v) is 14.0. The number of carbonyl (C=O) groups is 3. The minimum absolute atomic E-state index is 0.0773. The first kappa shape index (κ1) is 31.3. The predicted octanol–water partition coefficient (Wildman–Crippen LogP) is 4.92. The zero-order valence-corrected chi connectivity index (χ0v) is 23.3. The summed E-state index contributed by atoms with van der Waals surface area (Å²) in [5.74, 6) is -3.88. The minimum atomic E-state index is -1.54. The molecule has 2 aliphatic rings. The maximum absolute atomic E-state index is 12.9. The van der Waals surface area contributed by atoms with Crippen molar-refractivity contribution in [1.82, 2.24) is 0 Å². The van der Waals surface area contributed by atoms with Gasteiger partial charge in [0, 0.05) is 12.5 Å². The number of aliphatic hydroxyl groups is 1. The van der Waals surface area contributed by atoms with E-state index in [-0.39, 0.29) is 49.1 Å². The first-order valence-electron chi connectivity index (χ1n) is 14.0. The maximum atomic E-state index is 12.9. The summed E-state index contributed by atoms with van der Waals surface area (Å²) in [7, 11) is 0. The van der Waals surface area contributed by atoms with Crippen molar-refractivity contribution in [3.05, 3.63) is 12.2 Å². The summed E-state index contributed by atoms with van der Waals surface area (Å²) in [6.45, 7) is 13.1. The van der Waals surface area contributed by atoms with Crippen molar-refractivity contribution in [3.63, 3.8) is 0 Å². The lowest BCUT2D eigenvalue weighted by atomic mass is 9.47. The third-order valence-corrected chi connectivity index (χ3v) is 8.75. The van der Waals surface area contributed by atoms with Gasteiger partial charge in [0.15, 0.2) is 6.10 Å². The monoisotopic (exact) mass is 524 g/mol. The van der Waals surface area contributed by atoms with Crippen molar-refractivity contribution < 1.29 is 38.8 Å². The molecule has 212 valence electrons. The van der Waals surface area contributed by atoms with Crippen molar-refractivity contribution >= 4 is 17.9 Å². The van der Waals surface area contributed by atoms with Gasteiger partial charge in [-0.2, -0.15) is 0 Å². The van der Waals surface area contributed by atoms with Gasteiger partial charge in [0.05, 0.1) is 26.2 Å². The average Bonchev–Trinajstić information content (AvgIpc) is 2.84. The molecule has 0 aromatic heterocycles. The zero-order valence-electron chi connectivity index (χ0n) is 23.3. The summed E-state index contributed by atoms with van der Waals surface area (Å²) >= 11 is 0. The van der Waals surface area contributed by atoms with Crippen LogP contribution in [0, 0.1) is 28.6 Å². The Labute approximate surface area is 222 Å². The fourth-order valence-electron chi connectivity index (χ4n) is 6.45. The van der Waals surface area contributed by atoms with Crippen molar-refractivity contribution in [2.45, 2.75) is 98.0 Å². The molecule has 2 aliphatic carbocycles. The molecule has 2 fully saturated rings. The van der Waals surface area contributed by atoms with Crippen LogP contribution in [-0.2, 0) is 28.6 Å². The van der Waals surface area contributed by atoms with Crippen molar-refractivity contribution in [2.75, 3.05) is 26.4 Å². The number of hydrogen-bond donors (Lipinski definition) is 2. The van der Waals surface area contributed by atoms with E-state index >= 15 is 0 Å². The SMILES string of the molecule is C=C1CCC2C(C)(CO)CCCC2(C)C1COC(C(=O)O)C(CC(=O)OCCCC)C(=O)OCCCC. The summed E-state index contributed by atoms with van der Waals surface area (Å²) in [6, 6.07) is 0. The van der Waals surface area contributed by atoms with E-state index < -0.39 is 36.4 Å². The number of aliphatic carboxylic acids is 1. The maximum Gasteiger partial charge on any atom is 0.333 e. The summed E-state index contributed by atoms with van der Waals surface area (Å²) in [5.41, 5.74) is 0.599. The first-order chi connectivity index (χ1) is 17.5. The Hall–Kier alpha value is -1.93. The molecule has 2 rings (SSSR count). The Morgan fingerprint density at radius 3 is 2.32 bits per heavy atom. The largest absolute Gasteiger partial charge is 0.479 e. The van der Waals surface area contributed by atoms with Gasteiger partial charge in [0.25, 0.3) is 0 Å². The van der Waals surface area contributed by atoms with Crippen LogP contribution in [0.1, 0.15) is 91.9 Å². The number of hydrogen-bond acceptors (Lipinski definition) is 7. The van der Waals surface area contributed by atoms with E-state index in [1.165, 1.54) is 0 Å². The number of aliphatic hydroxyl groups excluding tert-OH is 1. The standard InChI is InChI=1S/C29H48O8/c1-6-8-15-35-24(31)17-21(27(34)36-16-9-7-2)25(26(32)33)37-18-22-20(3)11-12-23-28(4,19-30)13-10-14-29(22,23)5/h21-23,25,30H,3,6-19H2,1-2,4-5H3,(H,32,33). The van der Waals surface area contributed by atoms with Gasteiger partial charge in [-0.05, 0) is 55.3 Å². The van der Waals surface area contributed by atoms with E-state index in [0.717, 1.165) is 50.5 Å². The fraction of sp³-hybridized carbons (Fsp3) is 0.828. The summed E-state index contributed by atoms with van der Waals surface area (Å²) < 4.78 is 16.6. The highest BCUT2D eigenvalue weighted by Crippen LogP contribution is 2.60. The molecule has 0 aromatic rings. The normalized spacial score (nSPS) is 29.2. The summed E-state index contributed by atoms with van der Waals surface area (Å²) in [5, 5.41) is 20.3. The van der Waals surface area contributed by atoms with Crippen LogP contribution >= 0.6 is 0 Å². The van der Waals surface area contributed by atoms with Gasteiger partial charge in [0.1, 0.15) is 5.92 Å². The van der Waals surface area contributed by atoms with Gasteiger partial charge in [-0.15, -0.1) is 0 Å². The van der Waals surface area contributed by atoms with Gasteiger partial charge >= 0.3 is 17.9 Å². The van der Waals surface area contributed by atoms with Crippen molar-refractivity contribution in [3.8, 4) is 0 Å². The number of carbonyl (C=O) groups excluding carboxylic acids is 2. The molecule has 0 amide bonds. The van der Waals surface area contributed by atoms with E-state index in [0.29, 0.717) is 12.8 Å². The van der Waals surface area contributed by atoms with Crippen LogP contribution in [0.25, 0.3) is 0 Å².